The molecule has 2 amide bonds. The van der Waals surface area contributed by atoms with Crippen molar-refractivity contribution >= 4 is 23.3 Å². The van der Waals surface area contributed by atoms with Gasteiger partial charge in [-0.25, -0.2) is 0 Å². The van der Waals surface area contributed by atoms with Gasteiger partial charge < -0.3 is 10.2 Å². The molecule has 3 aromatic rings. The van der Waals surface area contributed by atoms with Crippen LogP contribution in [0.1, 0.15) is 65.3 Å². The first-order valence-corrected chi connectivity index (χ1v) is 11.9. The quantitative estimate of drug-likeness (QED) is 0.569. The number of rotatable bonds is 7. The van der Waals surface area contributed by atoms with Gasteiger partial charge in [0, 0.05) is 18.0 Å². The molecule has 2 aromatic carbocycles. The Morgan fingerprint density at radius 2 is 1.78 bits per heavy atom. The molecule has 0 bridgehead atoms. The summed E-state index contributed by atoms with van der Waals surface area (Å²) in [6, 6.07) is 16.9. The standard InChI is InChI=1S/C25H28N4O2S/c1-18-12-14-19(15-13-18)16-29(25(31)22-17-32-28-27-22)23(20-8-4-2-5-9-20)24(30)26-21-10-6-3-7-11-21/h2,4-5,8-9,12-15,17,21,23H,3,6-7,10-11,16H2,1H3,(H,26,30)/t23-/m0/s1. The van der Waals surface area contributed by atoms with Crippen LogP contribution in [0.3, 0.4) is 0 Å². The third-order valence-corrected chi connectivity index (χ3v) is 6.45. The first-order chi connectivity index (χ1) is 15.6. The molecule has 7 heteroatoms. The molecule has 1 N–H and O–H groups in total. The zero-order chi connectivity index (χ0) is 22.3. The highest BCUT2D eigenvalue weighted by Gasteiger charge is 2.34. The molecule has 0 spiro atoms. The summed E-state index contributed by atoms with van der Waals surface area (Å²) in [5.41, 5.74) is 3.14. The summed E-state index contributed by atoms with van der Waals surface area (Å²) >= 11 is 1.13. The summed E-state index contributed by atoms with van der Waals surface area (Å²) in [7, 11) is 0. The molecule has 1 atom stereocenters. The number of aromatic nitrogens is 2. The van der Waals surface area contributed by atoms with Gasteiger partial charge in [0.2, 0.25) is 5.91 Å². The molecule has 0 aliphatic heterocycles. The van der Waals surface area contributed by atoms with Crippen molar-refractivity contribution in [2.45, 2.75) is 57.7 Å². The Labute approximate surface area is 192 Å². The van der Waals surface area contributed by atoms with Crippen molar-refractivity contribution < 1.29 is 9.59 Å². The molecular weight excluding hydrogens is 420 g/mol. The second-order valence-electron chi connectivity index (χ2n) is 8.37. The molecule has 1 aromatic heterocycles. The molecule has 1 fully saturated rings. The molecular formula is C25H28N4O2S. The fourth-order valence-corrected chi connectivity index (χ4v) is 4.64. The maximum atomic E-state index is 13.6. The average Bonchev–Trinajstić information content (AvgIpc) is 3.36. The number of amides is 2. The maximum Gasteiger partial charge on any atom is 0.276 e. The van der Waals surface area contributed by atoms with Gasteiger partial charge in [-0.15, -0.1) is 5.10 Å². The summed E-state index contributed by atoms with van der Waals surface area (Å²) < 4.78 is 3.86. The number of carbonyl (C=O) groups excluding carboxylic acids is 2. The van der Waals surface area contributed by atoms with Crippen molar-refractivity contribution in [3.05, 3.63) is 82.4 Å². The van der Waals surface area contributed by atoms with E-state index in [1.54, 1.807) is 10.3 Å². The van der Waals surface area contributed by atoms with Gasteiger partial charge in [-0.2, -0.15) is 0 Å². The summed E-state index contributed by atoms with van der Waals surface area (Å²) in [6.07, 6.45) is 5.42. The lowest BCUT2D eigenvalue weighted by atomic mass is 9.94. The van der Waals surface area contributed by atoms with Gasteiger partial charge in [-0.1, -0.05) is 83.9 Å². The maximum absolute atomic E-state index is 13.6. The normalized spacial score (nSPS) is 15.2. The molecule has 6 nitrogen and oxygen atoms in total. The van der Waals surface area contributed by atoms with Crippen LogP contribution in [0.5, 0.6) is 0 Å². The van der Waals surface area contributed by atoms with E-state index in [9.17, 15) is 9.59 Å². The first-order valence-electron chi connectivity index (χ1n) is 11.1. The van der Waals surface area contributed by atoms with Crippen molar-refractivity contribution in [3.63, 3.8) is 0 Å². The van der Waals surface area contributed by atoms with Gasteiger partial charge in [0.1, 0.15) is 6.04 Å². The van der Waals surface area contributed by atoms with Gasteiger partial charge >= 0.3 is 0 Å². The largest absolute Gasteiger partial charge is 0.351 e. The summed E-state index contributed by atoms with van der Waals surface area (Å²) in [6.45, 7) is 2.33. The highest BCUT2D eigenvalue weighted by atomic mass is 32.1. The number of aryl methyl sites for hydroxylation is 1. The third-order valence-electron chi connectivity index (χ3n) is 5.94. The molecule has 0 radical (unpaired) electrons. The van der Waals surface area contributed by atoms with E-state index in [0.717, 1.165) is 53.9 Å². The zero-order valence-electron chi connectivity index (χ0n) is 18.2. The number of hydrogen-bond donors (Lipinski definition) is 1. The third kappa shape index (κ3) is 5.40. The molecule has 166 valence electrons. The molecule has 0 saturated heterocycles. The zero-order valence-corrected chi connectivity index (χ0v) is 19.1. The Balaban J connectivity index is 1.70. The minimum absolute atomic E-state index is 0.147. The number of nitrogens with zero attached hydrogens (tertiary/aromatic N) is 3. The van der Waals surface area contributed by atoms with Gasteiger partial charge in [-0.3, -0.25) is 9.59 Å². The van der Waals surface area contributed by atoms with E-state index in [-0.39, 0.29) is 23.6 Å². The van der Waals surface area contributed by atoms with E-state index in [4.69, 9.17) is 0 Å². The van der Waals surface area contributed by atoms with Gasteiger partial charge in [0.05, 0.1) is 0 Å². The fourth-order valence-electron chi connectivity index (χ4n) is 4.21. The van der Waals surface area contributed by atoms with Crippen molar-refractivity contribution in [1.29, 1.82) is 0 Å². The predicted molar refractivity (Wildman–Crippen MR) is 125 cm³/mol. The first kappa shape index (κ1) is 22.1. The highest BCUT2D eigenvalue weighted by Crippen LogP contribution is 2.27. The van der Waals surface area contributed by atoms with Gasteiger partial charge in [0.15, 0.2) is 5.69 Å². The molecule has 1 heterocycles. The predicted octanol–water partition coefficient (Wildman–Crippen LogP) is 4.68. The number of carbonyl (C=O) groups is 2. The van der Waals surface area contributed by atoms with E-state index in [2.05, 4.69) is 14.9 Å². The molecule has 1 aliphatic rings. The summed E-state index contributed by atoms with van der Waals surface area (Å²) in [5.74, 6) is -0.446. The minimum atomic E-state index is -0.756. The Morgan fingerprint density at radius 3 is 2.44 bits per heavy atom. The van der Waals surface area contributed by atoms with E-state index < -0.39 is 6.04 Å². The average molecular weight is 449 g/mol. The Hall–Kier alpha value is -3.06. The van der Waals surface area contributed by atoms with Crippen LogP contribution in [0.15, 0.2) is 60.0 Å². The monoisotopic (exact) mass is 448 g/mol. The van der Waals surface area contributed by atoms with E-state index >= 15 is 0 Å². The molecule has 32 heavy (non-hydrogen) atoms. The van der Waals surface area contributed by atoms with Gasteiger partial charge in [-0.05, 0) is 42.4 Å². The van der Waals surface area contributed by atoms with Crippen LogP contribution in [0.4, 0.5) is 0 Å². The van der Waals surface area contributed by atoms with Crippen LogP contribution in [-0.4, -0.2) is 32.3 Å². The number of hydrogen-bond acceptors (Lipinski definition) is 5. The van der Waals surface area contributed by atoms with Crippen LogP contribution >= 0.6 is 11.5 Å². The van der Waals surface area contributed by atoms with Gasteiger partial charge in [0.25, 0.3) is 5.91 Å². The van der Waals surface area contributed by atoms with Crippen LogP contribution in [-0.2, 0) is 11.3 Å². The smallest absolute Gasteiger partial charge is 0.276 e. The van der Waals surface area contributed by atoms with Crippen molar-refractivity contribution in [2.75, 3.05) is 0 Å². The highest BCUT2D eigenvalue weighted by molar-refractivity contribution is 7.03. The van der Waals surface area contributed by atoms with E-state index in [1.807, 2.05) is 61.5 Å². The van der Waals surface area contributed by atoms with Crippen molar-refractivity contribution in [3.8, 4) is 0 Å². The summed E-state index contributed by atoms with van der Waals surface area (Å²) in [5, 5.41) is 8.85. The lowest BCUT2D eigenvalue weighted by molar-refractivity contribution is -0.127. The lowest BCUT2D eigenvalue weighted by Gasteiger charge is -2.33. The molecule has 1 saturated carbocycles. The van der Waals surface area contributed by atoms with Crippen LogP contribution in [0.2, 0.25) is 0 Å². The summed E-state index contributed by atoms with van der Waals surface area (Å²) in [4.78, 5) is 28.8. The topological polar surface area (TPSA) is 75.2 Å². The van der Waals surface area contributed by atoms with Crippen molar-refractivity contribution in [1.82, 2.24) is 19.8 Å². The van der Waals surface area contributed by atoms with E-state index in [0.29, 0.717) is 6.54 Å². The fraction of sp³-hybridized carbons (Fsp3) is 0.360. The number of nitrogens with one attached hydrogen (secondary N) is 1. The Kier molecular flexibility index (Phi) is 7.27. The molecule has 1 aliphatic carbocycles. The van der Waals surface area contributed by atoms with Crippen LogP contribution in [0.25, 0.3) is 0 Å². The number of benzene rings is 2. The lowest BCUT2D eigenvalue weighted by Crippen LogP contribution is -2.47. The second-order valence-corrected chi connectivity index (χ2v) is 8.98. The second kappa shape index (κ2) is 10.5. The van der Waals surface area contributed by atoms with Crippen LogP contribution in [0, 0.1) is 6.92 Å². The Morgan fingerprint density at radius 1 is 1.06 bits per heavy atom. The molecule has 4 rings (SSSR count). The Bertz CT molecular complexity index is 1020. The minimum Gasteiger partial charge on any atom is -0.351 e. The van der Waals surface area contributed by atoms with Crippen LogP contribution < -0.4 is 5.32 Å². The molecule has 0 unspecified atom stereocenters. The SMILES string of the molecule is Cc1ccc(CN(C(=O)c2csnn2)[C@H](C(=O)NC2CCCCC2)c2ccccc2)cc1. The van der Waals surface area contributed by atoms with E-state index in [1.165, 1.54) is 6.42 Å². The van der Waals surface area contributed by atoms with Crippen molar-refractivity contribution in [2.24, 2.45) is 0 Å².